The molecule has 0 bridgehead atoms. The summed E-state index contributed by atoms with van der Waals surface area (Å²) in [6.07, 6.45) is 3.48. The number of aromatic nitrogens is 3. The number of hydrogen-bond acceptors (Lipinski definition) is 2. The fraction of sp³-hybridized carbons (Fsp3) is 0. The smallest absolute Gasteiger partial charge is 0.114 e. The lowest BCUT2D eigenvalue weighted by Crippen LogP contribution is -1.84. The van der Waals surface area contributed by atoms with Gasteiger partial charge in [0.05, 0.1) is 17.5 Å². The molecule has 1 aromatic carbocycles. The van der Waals surface area contributed by atoms with E-state index < -0.39 is 0 Å². The first-order chi connectivity index (χ1) is 7.84. The van der Waals surface area contributed by atoms with E-state index in [-0.39, 0.29) is 0 Å². The monoisotopic (exact) mass is 273 g/mol. The Morgan fingerprint density at radius 3 is 2.62 bits per heavy atom. The molecule has 0 aliphatic rings. The molecule has 4 heteroatoms. The fourth-order valence-corrected chi connectivity index (χ4v) is 1.95. The molecule has 0 saturated carbocycles. The van der Waals surface area contributed by atoms with E-state index in [0.29, 0.717) is 0 Å². The highest BCUT2D eigenvalue weighted by atomic mass is 79.9. The summed E-state index contributed by atoms with van der Waals surface area (Å²) >= 11 is 3.42. The molecule has 0 amide bonds. The van der Waals surface area contributed by atoms with Crippen LogP contribution in [0.2, 0.25) is 0 Å². The zero-order chi connectivity index (χ0) is 11.0. The Labute approximate surface area is 101 Å². The van der Waals surface area contributed by atoms with Crippen molar-refractivity contribution in [3.8, 4) is 11.3 Å². The Balaban J connectivity index is 2.25. The molecule has 78 valence electrons. The highest BCUT2D eigenvalue weighted by Crippen LogP contribution is 2.25. The second-order valence-electron chi connectivity index (χ2n) is 3.47. The Morgan fingerprint density at radius 1 is 1.00 bits per heavy atom. The lowest BCUT2D eigenvalue weighted by Gasteiger charge is -2.01. The normalized spacial score (nSPS) is 10.8. The number of hydrogen-bond donors (Lipinski definition) is 1. The van der Waals surface area contributed by atoms with Gasteiger partial charge in [-0.05, 0) is 18.2 Å². The second-order valence-corrected chi connectivity index (χ2v) is 4.38. The Hall–Kier alpha value is -1.68. The molecule has 2 heterocycles. The van der Waals surface area contributed by atoms with Gasteiger partial charge in [-0.1, -0.05) is 28.1 Å². The highest BCUT2D eigenvalue weighted by molar-refractivity contribution is 9.10. The Morgan fingerprint density at radius 2 is 1.81 bits per heavy atom. The summed E-state index contributed by atoms with van der Waals surface area (Å²) in [5.41, 5.74) is 3.89. The predicted octanol–water partition coefficient (Wildman–Crippen LogP) is 3.39. The zero-order valence-electron chi connectivity index (χ0n) is 8.31. The first-order valence-electron chi connectivity index (χ1n) is 4.88. The average Bonchev–Trinajstić information content (AvgIpc) is 2.78. The van der Waals surface area contributed by atoms with Gasteiger partial charge in [-0.2, -0.15) is 0 Å². The molecule has 0 saturated heterocycles. The summed E-state index contributed by atoms with van der Waals surface area (Å²) in [6.45, 7) is 0. The molecule has 3 rings (SSSR count). The minimum absolute atomic E-state index is 0.907. The number of imidazole rings is 1. The summed E-state index contributed by atoms with van der Waals surface area (Å²) in [5.74, 6) is 0. The third-order valence-electron chi connectivity index (χ3n) is 2.46. The van der Waals surface area contributed by atoms with Gasteiger partial charge < -0.3 is 4.98 Å². The van der Waals surface area contributed by atoms with Gasteiger partial charge in [0.25, 0.3) is 0 Å². The number of aromatic amines is 1. The third kappa shape index (κ3) is 1.51. The molecule has 0 spiro atoms. The van der Waals surface area contributed by atoms with Crippen molar-refractivity contribution in [1.29, 1.82) is 0 Å². The van der Waals surface area contributed by atoms with Crippen molar-refractivity contribution < 1.29 is 0 Å². The molecule has 3 nitrogen and oxygen atoms in total. The number of halogens is 1. The largest absolute Gasteiger partial charge is 0.344 e. The van der Waals surface area contributed by atoms with Gasteiger partial charge in [0, 0.05) is 16.2 Å². The predicted molar refractivity (Wildman–Crippen MR) is 67.0 cm³/mol. The van der Waals surface area contributed by atoms with Crippen molar-refractivity contribution in [2.24, 2.45) is 0 Å². The van der Waals surface area contributed by atoms with Crippen LogP contribution in [0, 0.1) is 0 Å². The molecule has 3 aromatic rings. The topological polar surface area (TPSA) is 41.6 Å². The van der Waals surface area contributed by atoms with E-state index in [1.807, 2.05) is 30.3 Å². The minimum Gasteiger partial charge on any atom is -0.344 e. The van der Waals surface area contributed by atoms with Crippen LogP contribution in [0.3, 0.4) is 0 Å². The third-order valence-corrected chi connectivity index (χ3v) is 2.98. The van der Waals surface area contributed by atoms with Crippen molar-refractivity contribution in [2.45, 2.75) is 0 Å². The Bertz CT molecular complexity index is 628. The molecule has 0 unspecified atom stereocenters. The van der Waals surface area contributed by atoms with Crippen LogP contribution in [-0.4, -0.2) is 15.0 Å². The SMILES string of the molecule is Brc1ccc(-c2nccc3[nH]cnc23)cc1. The van der Waals surface area contributed by atoms with Gasteiger partial charge in [0.1, 0.15) is 5.52 Å². The summed E-state index contributed by atoms with van der Waals surface area (Å²) < 4.78 is 1.06. The molecule has 16 heavy (non-hydrogen) atoms. The summed E-state index contributed by atoms with van der Waals surface area (Å²) in [7, 11) is 0. The average molecular weight is 274 g/mol. The summed E-state index contributed by atoms with van der Waals surface area (Å²) in [5, 5.41) is 0. The molecular weight excluding hydrogens is 266 g/mol. The van der Waals surface area contributed by atoms with Crippen molar-refractivity contribution >= 4 is 27.0 Å². The maximum atomic E-state index is 4.38. The lowest BCUT2D eigenvalue weighted by atomic mass is 10.1. The van der Waals surface area contributed by atoms with Crippen molar-refractivity contribution in [1.82, 2.24) is 15.0 Å². The van der Waals surface area contributed by atoms with E-state index in [1.54, 1.807) is 12.5 Å². The van der Waals surface area contributed by atoms with E-state index >= 15 is 0 Å². The minimum atomic E-state index is 0.907. The van der Waals surface area contributed by atoms with E-state index in [2.05, 4.69) is 30.9 Å². The van der Waals surface area contributed by atoms with Gasteiger partial charge >= 0.3 is 0 Å². The molecular formula is C12H8BrN3. The lowest BCUT2D eigenvalue weighted by molar-refractivity contribution is 1.33. The second kappa shape index (κ2) is 3.72. The molecule has 2 aromatic heterocycles. The van der Waals surface area contributed by atoms with E-state index in [9.17, 15) is 0 Å². The summed E-state index contributed by atoms with van der Waals surface area (Å²) in [4.78, 5) is 11.7. The van der Waals surface area contributed by atoms with Crippen molar-refractivity contribution in [3.63, 3.8) is 0 Å². The van der Waals surface area contributed by atoms with Crippen molar-refractivity contribution in [3.05, 3.63) is 47.3 Å². The number of nitrogens with one attached hydrogen (secondary N) is 1. The number of pyridine rings is 1. The van der Waals surface area contributed by atoms with Crippen LogP contribution in [-0.2, 0) is 0 Å². The molecule has 0 atom stereocenters. The molecule has 0 aliphatic carbocycles. The van der Waals surface area contributed by atoms with Crippen LogP contribution in [0.4, 0.5) is 0 Å². The van der Waals surface area contributed by atoms with Gasteiger partial charge in [0.15, 0.2) is 0 Å². The van der Waals surface area contributed by atoms with Gasteiger partial charge in [-0.3, -0.25) is 4.98 Å². The molecule has 1 N–H and O–H groups in total. The van der Waals surface area contributed by atoms with Crippen LogP contribution in [0.25, 0.3) is 22.3 Å². The first kappa shape index (κ1) is 9.54. The molecule has 0 fully saturated rings. The van der Waals surface area contributed by atoms with Gasteiger partial charge in [0.2, 0.25) is 0 Å². The highest BCUT2D eigenvalue weighted by Gasteiger charge is 2.06. The van der Waals surface area contributed by atoms with Crippen LogP contribution < -0.4 is 0 Å². The van der Waals surface area contributed by atoms with Crippen LogP contribution in [0.5, 0.6) is 0 Å². The van der Waals surface area contributed by atoms with Crippen LogP contribution >= 0.6 is 15.9 Å². The van der Waals surface area contributed by atoms with Gasteiger partial charge in [-0.15, -0.1) is 0 Å². The number of nitrogens with zero attached hydrogens (tertiary/aromatic N) is 2. The van der Waals surface area contributed by atoms with Crippen LogP contribution in [0.1, 0.15) is 0 Å². The fourth-order valence-electron chi connectivity index (χ4n) is 1.69. The molecule has 0 aliphatic heterocycles. The number of benzene rings is 1. The number of rotatable bonds is 1. The Kier molecular flexibility index (Phi) is 2.22. The van der Waals surface area contributed by atoms with E-state index in [1.165, 1.54) is 0 Å². The van der Waals surface area contributed by atoms with Crippen LogP contribution in [0.15, 0.2) is 47.3 Å². The maximum Gasteiger partial charge on any atom is 0.114 e. The number of fused-ring (bicyclic) bond motifs is 1. The zero-order valence-corrected chi connectivity index (χ0v) is 9.90. The van der Waals surface area contributed by atoms with E-state index in [4.69, 9.17) is 0 Å². The van der Waals surface area contributed by atoms with Crippen molar-refractivity contribution in [2.75, 3.05) is 0 Å². The first-order valence-corrected chi connectivity index (χ1v) is 5.68. The maximum absolute atomic E-state index is 4.38. The molecule has 0 radical (unpaired) electrons. The standard InChI is InChI=1S/C12H8BrN3/c13-9-3-1-8(2-4-9)11-12-10(5-6-14-11)15-7-16-12/h1-7H,(H,15,16). The summed E-state index contributed by atoms with van der Waals surface area (Å²) in [6, 6.07) is 9.98. The van der Waals surface area contributed by atoms with Gasteiger partial charge in [-0.25, -0.2) is 4.98 Å². The van der Waals surface area contributed by atoms with E-state index in [0.717, 1.165) is 26.8 Å². The quantitative estimate of drug-likeness (QED) is 0.739. The number of H-pyrrole nitrogens is 1.